The van der Waals surface area contributed by atoms with Gasteiger partial charge in [-0.1, -0.05) is 48.0 Å². The van der Waals surface area contributed by atoms with Gasteiger partial charge >= 0.3 is 0 Å². The number of benzene rings is 2. The summed E-state index contributed by atoms with van der Waals surface area (Å²) in [6, 6.07) is 14.6. The summed E-state index contributed by atoms with van der Waals surface area (Å²) < 4.78 is 0. The maximum Gasteiger partial charge on any atom is 0.242 e. The Hall–Kier alpha value is -2.33. The predicted molar refractivity (Wildman–Crippen MR) is 105 cm³/mol. The van der Waals surface area contributed by atoms with Crippen molar-refractivity contribution in [1.29, 1.82) is 0 Å². The Bertz CT molecular complexity index is 776. The monoisotopic (exact) mass is 372 g/mol. The molecular weight excluding hydrogens is 348 g/mol. The van der Waals surface area contributed by atoms with Gasteiger partial charge in [-0.3, -0.25) is 9.59 Å². The molecule has 0 radical (unpaired) electrons. The number of aryl methyl sites for hydroxylation is 1. The van der Waals surface area contributed by atoms with Crippen LogP contribution in [-0.4, -0.2) is 29.3 Å². The smallest absolute Gasteiger partial charge is 0.242 e. The molecule has 2 rings (SSSR count). The van der Waals surface area contributed by atoms with E-state index >= 15 is 0 Å². The lowest BCUT2D eigenvalue weighted by Crippen LogP contribution is -2.48. The van der Waals surface area contributed by atoms with E-state index in [1.54, 1.807) is 17.9 Å². The highest BCUT2D eigenvalue weighted by Crippen LogP contribution is 2.17. The van der Waals surface area contributed by atoms with E-state index in [0.29, 0.717) is 18.1 Å². The van der Waals surface area contributed by atoms with Crippen LogP contribution in [0.3, 0.4) is 0 Å². The number of hydrogen-bond acceptors (Lipinski definition) is 2. The van der Waals surface area contributed by atoms with Crippen LogP contribution in [0.5, 0.6) is 0 Å². The van der Waals surface area contributed by atoms with Crippen molar-refractivity contribution in [1.82, 2.24) is 10.2 Å². The minimum atomic E-state index is -0.564. The van der Waals surface area contributed by atoms with Gasteiger partial charge in [-0.25, -0.2) is 0 Å². The number of nitrogens with zero attached hydrogens (tertiary/aromatic N) is 1. The third kappa shape index (κ3) is 5.33. The van der Waals surface area contributed by atoms with Crippen molar-refractivity contribution >= 4 is 23.4 Å². The summed E-state index contributed by atoms with van der Waals surface area (Å²) in [4.78, 5) is 27.0. The van der Waals surface area contributed by atoms with Crippen molar-refractivity contribution in [2.75, 3.05) is 6.54 Å². The summed E-state index contributed by atoms with van der Waals surface area (Å²) in [6.07, 6.45) is 0.261. The van der Waals surface area contributed by atoms with Gasteiger partial charge in [0.2, 0.25) is 11.8 Å². The lowest BCUT2D eigenvalue weighted by atomic mass is 10.0. The third-order valence-corrected chi connectivity index (χ3v) is 4.60. The molecule has 2 aromatic carbocycles. The van der Waals surface area contributed by atoms with Gasteiger partial charge in [-0.2, -0.15) is 0 Å². The maximum atomic E-state index is 13.0. The van der Waals surface area contributed by atoms with Crippen molar-refractivity contribution in [3.8, 4) is 0 Å². The first-order valence-electron chi connectivity index (χ1n) is 8.78. The standard InChI is InChI=1S/C21H25ClN2O2/c1-4-23-21(26)16(3)24(14-17-9-7-11-19(22)12-17)20(25)13-18-10-6-5-8-15(18)2/h5-12,16H,4,13-14H2,1-3H3,(H,23,26). The summed E-state index contributed by atoms with van der Waals surface area (Å²) in [5.41, 5.74) is 2.93. The van der Waals surface area contributed by atoms with Crippen LogP contribution in [0.4, 0.5) is 0 Å². The fourth-order valence-corrected chi connectivity index (χ4v) is 3.02. The lowest BCUT2D eigenvalue weighted by molar-refractivity contribution is -0.140. The van der Waals surface area contributed by atoms with Crippen LogP contribution in [0, 0.1) is 6.92 Å². The minimum absolute atomic E-state index is 0.0852. The molecule has 138 valence electrons. The summed E-state index contributed by atoms with van der Waals surface area (Å²) in [6.45, 7) is 6.47. The van der Waals surface area contributed by atoms with Gasteiger partial charge < -0.3 is 10.2 Å². The molecule has 1 unspecified atom stereocenters. The molecule has 0 aliphatic carbocycles. The minimum Gasteiger partial charge on any atom is -0.355 e. The number of likely N-dealkylation sites (N-methyl/N-ethyl adjacent to an activating group) is 1. The van der Waals surface area contributed by atoms with Gasteiger partial charge in [-0.05, 0) is 49.6 Å². The summed E-state index contributed by atoms with van der Waals surface area (Å²) in [5, 5.41) is 3.40. The number of halogens is 1. The first-order valence-corrected chi connectivity index (χ1v) is 9.16. The van der Waals surface area contributed by atoms with Gasteiger partial charge in [0.05, 0.1) is 6.42 Å². The fourth-order valence-electron chi connectivity index (χ4n) is 2.81. The number of carbonyl (C=O) groups excluding carboxylic acids is 2. The molecule has 4 nitrogen and oxygen atoms in total. The molecule has 2 amide bonds. The lowest BCUT2D eigenvalue weighted by Gasteiger charge is -2.29. The van der Waals surface area contributed by atoms with E-state index in [9.17, 15) is 9.59 Å². The number of carbonyl (C=O) groups is 2. The van der Waals surface area contributed by atoms with Gasteiger partial charge in [0, 0.05) is 18.1 Å². The van der Waals surface area contributed by atoms with Crippen LogP contribution >= 0.6 is 11.6 Å². The molecule has 0 aliphatic rings. The van der Waals surface area contributed by atoms with Crippen LogP contribution in [-0.2, 0) is 22.6 Å². The highest BCUT2D eigenvalue weighted by Gasteiger charge is 2.26. The molecule has 0 heterocycles. The van der Waals surface area contributed by atoms with E-state index in [1.807, 2.05) is 56.3 Å². The van der Waals surface area contributed by atoms with Crippen LogP contribution in [0.1, 0.15) is 30.5 Å². The molecule has 5 heteroatoms. The van der Waals surface area contributed by atoms with Crippen LogP contribution < -0.4 is 5.32 Å². The molecule has 0 saturated carbocycles. The van der Waals surface area contributed by atoms with E-state index in [4.69, 9.17) is 11.6 Å². The van der Waals surface area contributed by atoms with Crippen LogP contribution in [0.2, 0.25) is 5.02 Å². The molecule has 1 atom stereocenters. The van der Waals surface area contributed by atoms with E-state index < -0.39 is 6.04 Å². The summed E-state index contributed by atoms with van der Waals surface area (Å²) >= 11 is 6.07. The second kappa shape index (κ2) is 9.39. The molecular formula is C21H25ClN2O2. The zero-order chi connectivity index (χ0) is 19.1. The van der Waals surface area contributed by atoms with Crippen molar-refractivity contribution < 1.29 is 9.59 Å². The molecule has 0 aromatic heterocycles. The highest BCUT2D eigenvalue weighted by atomic mass is 35.5. The predicted octanol–water partition coefficient (Wildman–Crippen LogP) is 3.74. The molecule has 2 aromatic rings. The van der Waals surface area contributed by atoms with Gasteiger partial charge in [-0.15, -0.1) is 0 Å². The van der Waals surface area contributed by atoms with Gasteiger partial charge in [0.25, 0.3) is 0 Å². The zero-order valence-electron chi connectivity index (χ0n) is 15.5. The number of rotatable bonds is 7. The SMILES string of the molecule is CCNC(=O)C(C)N(Cc1cccc(Cl)c1)C(=O)Cc1ccccc1C. The first kappa shape index (κ1) is 20.0. The Labute approximate surface area is 160 Å². The van der Waals surface area contributed by atoms with Crippen molar-refractivity contribution in [2.45, 2.75) is 39.8 Å². The third-order valence-electron chi connectivity index (χ3n) is 4.36. The maximum absolute atomic E-state index is 13.0. The van der Waals surface area contributed by atoms with Crippen LogP contribution in [0.15, 0.2) is 48.5 Å². The zero-order valence-corrected chi connectivity index (χ0v) is 16.2. The van der Waals surface area contributed by atoms with Gasteiger partial charge in [0.15, 0.2) is 0 Å². The van der Waals surface area contributed by atoms with Gasteiger partial charge in [0.1, 0.15) is 6.04 Å². The van der Waals surface area contributed by atoms with Crippen molar-refractivity contribution in [2.24, 2.45) is 0 Å². The Kier molecular flexibility index (Phi) is 7.22. The number of hydrogen-bond donors (Lipinski definition) is 1. The Morgan fingerprint density at radius 3 is 2.54 bits per heavy atom. The summed E-state index contributed by atoms with van der Waals surface area (Å²) in [5.74, 6) is -0.245. The molecule has 0 bridgehead atoms. The average molecular weight is 373 g/mol. The Morgan fingerprint density at radius 1 is 1.15 bits per heavy atom. The fraction of sp³-hybridized carbons (Fsp3) is 0.333. The molecule has 0 aliphatic heterocycles. The topological polar surface area (TPSA) is 49.4 Å². The second-order valence-electron chi connectivity index (χ2n) is 6.33. The van der Waals surface area contributed by atoms with E-state index in [1.165, 1.54) is 0 Å². The number of amides is 2. The average Bonchev–Trinajstić information content (AvgIpc) is 2.61. The van der Waals surface area contributed by atoms with E-state index in [-0.39, 0.29) is 18.2 Å². The molecule has 0 fully saturated rings. The molecule has 0 spiro atoms. The van der Waals surface area contributed by atoms with Crippen molar-refractivity contribution in [3.63, 3.8) is 0 Å². The molecule has 0 saturated heterocycles. The summed E-state index contributed by atoms with van der Waals surface area (Å²) in [7, 11) is 0. The van der Waals surface area contributed by atoms with Crippen LogP contribution in [0.25, 0.3) is 0 Å². The largest absolute Gasteiger partial charge is 0.355 e. The van der Waals surface area contributed by atoms with E-state index in [0.717, 1.165) is 16.7 Å². The Morgan fingerprint density at radius 2 is 1.88 bits per heavy atom. The highest BCUT2D eigenvalue weighted by molar-refractivity contribution is 6.30. The first-order chi connectivity index (χ1) is 12.4. The van der Waals surface area contributed by atoms with Crippen molar-refractivity contribution in [3.05, 3.63) is 70.2 Å². The van der Waals surface area contributed by atoms with E-state index in [2.05, 4.69) is 5.32 Å². The Balaban J connectivity index is 2.25. The number of nitrogens with one attached hydrogen (secondary N) is 1. The normalized spacial score (nSPS) is 11.7. The second-order valence-corrected chi connectivity index (χ2v) is 6.76. The molecule has 26 heavy (non-hydrogen) atoms. The quantitative estimate of drug-likeness (QED) is 0.804. The molecule has 1 N–H and O–H groups in total.